The van der Waals surface area contributed by atoms with Crippen LogP contribution in [0.3, 0.4) is 0 Å². The van der Waals surface area contributed by atoms with Crippen LogP contribution in [0, 0.1) is 0 Å². The molecule has 0 spiro atoms. The standard InChI is InChI=1S/C28H20Br10O4S/c1-11(29)19(37)9-41-27-17(35)7-15(33)23-21(5-3-13(31)25(23)27)43(39,40)22-6-4-14(32)26-24(22)16(34)8-18(36)28(26)42-10-20(38)12(2)30/h3-8,11-12,19-20H,9-10H2,1-2H3. The maximum Gasteiger partial charge on any atom is 0.207 e. The Kier molecular flexibility index (Phi) is 13.6. The quantitative estimate of drug-likeness (QED) is 0.149. The Labute approximate surface area is 334 Å². The smallest absolute Gasteiger partial charge is 0.207 e. The van der Waals surface area contributed by atoms with E-state index in [2.05, 4.69) is 159 Å². The number of benzene rings is 4. The summed E-state index contributed by atoms with van der Waals surface area (Å²) in [6, 6.07) is 10.3. The van der Waals surface area contributed by atoms with Gasteiger partial charge in [-0.1, -0.05) is 141 Å². The summed E-state index contributed by atoms with van der Waals surface area (Å²) in [5, 5.41) is 2.26. The zero-order chi connectivity index (χ0) is 32.0. The van der Waals surface area contributed by atoms with E-state index in [1.165, 1.54) is 0 Å². The summed E-state index contributed by atoms with van der Waals surface area (Å²) in [5.41, 5.74) is 0. The van der Waals surface area contributed by atoms with Crippen molar-refractivity contribution in [3.05, 3.63) is 63.2 Å². The highest BCUT2D eigenvalue weighted by atomic mass is 79.9. The molecular weight excluding hydrogens is 1230 g/mol. The summed E-state index contributed by atoms with van der Waals surface area (Å²) in [6.45, 7) is 4.76. The van der Waals surface area contributed by atoms with E-state index < -0.39 is 9.84 Å². The Morgan fingerprint density at radius 2 is 0.907 bits per heavy atom. The molecule has 0 saturated carbocycles. The maximum absolute atomic E-state index is 14.7. The van der Waals surface area contributed by atoms with Crippen LogP contribution in [0.1, 0.15) is 13.8 Å². The Morgan fingerprint density at radius 1 is 0.558 bits per heavy atom. The van der Waals surface area contributed by atoms with Crippen molar-refractivity contribution in [2.75, 3.05) is 13.2 Å². The normalized spacial score (nSPS) is 15.0. The van der Waals surface area contributed by atoms with Crippen LogP contribution in [0.4, 0.5) is 0 Å². The van der Waals surface area contributed by atoms with Crippen LogP contribution in [-0.2, 0) is 9.84 Å². The fraction of sp³-hybridized carbons (Fsp3) is 0.286. The van der Waals surface area contributed by atoms with Gasteiger partial charge in [0.2, 0.25) is 9.84 Å². The van der Waals surface area contributed by atoms with Crippen LogP contribution in [0.25, 0.3) is 21.5 Å². The highest BCUT2D eigenvalue weighted by Gasteiger charge is 2.30. The lowest BCUT2D eigenvalue weighted by molar-refractivity contribution is 0.320. The molecule has 4 aromatic rings. The van der Waals surface area contributed by atoms with Crippen molar-refractivity contribution in [2.24, 2.45) is 0 Å². The van der Waals surface area contributed by atoms with Crippen molar-refractivity contribution in [3.63, 3.8) is 0 Å². The zero-order valence-corrected chi connectivity index (χ0v) is 38.7. The molecule has 0 aliphatic rings. The zero-order valence-electron chi connectivity index (χ0n) is 22.0. The summed E-state index contributed by atoms with van der Waals surface area (Å²) in [7, 11) is -4.10. The molecule has 0 fully saturated rings. The van der Waals surface area contributed by atoms with E-state index in [1.54, 1.807) is 24.3 Å². The van der Waals surface area contributed by atoms with Gasteiger partial charge < -0.3 is 9.47 Å². The van der Waals surface area contributed by atoms with Crippen LogP contribution in [0.15, 0.2) is 73.0 Å². The molecule has 0 aliphatic heterocycles. The van der Waals surface area contributed by atoms with E-state index >= 15 is 0 Å². The van der Waals surface area contributed by atoms with E-state index in [0.717, 1.165) is 0 Å². The van der Waals surface area contributed by atoms with Crippen molar-refractivity contribution in [2.45, 2.75) is 42.9 Å². The molecule has 4 unspecified atom stereocenters. The second-order valence-corrected chi connectivity index (χ2v) is 21.7. The fourth-order valence-corrected chi connectivity index (χ4v) is 10.7. The van der Waals surface area contributed by atoms with Gasteiger partial charge in [0.05, 0.1) is 28.4 Å². The van der Waals surface area contributed by atoms with Gasteiger partial charge in [-0.25, -0.2) is 8.42 Å². The molecule has 0 aromatic heterocycles. The topological polar surface area (TPSA) is 52.6 Å². The van der Waals surface area contributed by atoms with Gasteiger partial charge in [-0.05, 0) is 68.3 Å². The molecule has 0 N–H and O–H groups in total. The summed E-state index contributed by atoms with van der Waals surface area (Å²) >= 11 is 36.2. The van der Waals surface area contributed by atoms with Gasteiger partial charge in [-0.3, -0.25) is 0 Å². The molecular formula is C28H20Br10O4S. The SMILES string of the molecule is CC(Br)C(Br)COc1c(Br)cc(Br)c2c(S(=O)(=O)c3ccc(Br)c4c(OCC(Br)C(C)Br)c(Br)cc(Br)c34)ccc(Br)c12. The molecule has 0 radical (unpaired) electrons. The third-order valence-electron chi connectivity index (χ3n) is 6.45. The number of hydrogen-bond acceptors (Lipinski definition) is 4. The molecule has 15 heteroatoms. The molecule has 232 valence electrons. The van der Waals surface area contributed by atoms with Crippen molar-refractivity contribution >= 4 is 191 Å². The first-order valence-corrected chi connectivity index (χ1v) is 22.3. The van der Waals surface area contributed by atoms with Gasteiger partial charge in [-0.2, -0.15) is 0 Å². The second-order valence-electron chi connectivity index (χ2n) is 9.44. The molecule has 0 bridgehead atoms. The number of sulfone groups is 1. The number of halogens is 10. The Balaban J connectivity index is 1.98. The van der Waals surface area contributed by atoms with E-state index in [9.17, 15) is 8.42 Å². The lowest BCUT2D eigenvalue weighted by Gasteiger charge is -2.21. The highest BCUT2D eigenvalue weighted by molar-refractivity contribution is 9.13. The maximum atomic E-state index is 14.7. The highest BCUT2D eigenvalue weighted by Crippen LogP contribution is 2.49. The lowest BCUT2D eigenvalue weighted by Crippen LogP contribution is -2.19. The number of fused-ring (bicyclic) bond motifs is 2. The van der Waals surface area contributed by atoms with Crippen molar-refractivity contribution < 1.29 is 17.9 Å². The monoisotopic (exact) mass is 1240 g/mol. The second kappa shape index (κ2) is 15.5. The van der Waals surface area contributed by atoms with Crippen molar-refractivity contribution in [1.82, 2.24) is 0 Å². The van der Waals surface area contributed by atoms with Gasteiger partial charge in [-0.15, -0.1) is 0 Å². The molecule has 43 heavy (non-hydrogen) atoms. The third kappa shape index (κ3) is 7.98. The van der Waals surface area contributed by atoms with Gasteiger partial charge in [0.25, 0.3) is 0 Å². The molecule has 0 amide bonds. The van der Waals surface area contributed by atoms with Gasteiger partial charge >= 0.3 is 0 Å². The summed E-state index contributed by atoms with van der Waals surface area (Å²) < 4.78 is 45.9. The summed E-state index contributed by atoms with van der Waals surface area (Å²) in [5.74, 6) is 1.07. The number of alkyl halides is 4. The van der Waals surface area contributed by atoms with Crippen molar-refractivity contribution in [3.8, 4) is 11.5 Å². The van der Waals surface area contributed by atoms with Gasteiger partial charge in [0.15, 0.2) is 0 Å². The Hall–Kier alpha value is 1.75. The molecule has 4 rings (SSSR count). The molecule has 4 nitrogen and oxygen atoms in total. The van der Waals surface area contributed by atoms with Crippen molar-refractivity contribution in [1.29, 1.82) is 0 Å². The minimum absolute atomic E-state index is 0.0311. The molecule has 4 aromatic carbocycles. The van der Waals surface area contributed by atoms with Gasteiger partial charge in [0, 0.05) is 49.1 Å². The fourth-order valence-electron chi connectivity index (χ4n) is 4.21. The lowest BCUT2D eigenvalue weighted by atomic mass is 10.1. The largest absolute Gasteiger partial charge is 0.491 e. The minimum atomic E-state index is -4.10. The predicted molar refractivity (Wildman–Crippen MR) is 213 cm³/mol. The summed E-state index contributed by atoms with van der Waals surface area (Å²) in [6.07, 6.45) is 0. The Bertz CT molecular complexity index is 1690. The molecule has 0 heterocycles. The van der Waals surface area contributed by atoms with Crippen LogP contribution in [-0.4, -0.2) is 40.9 Å². The first-order chi connectivity index (χ1) is 20.1. The van der Waals surface area contributed by atoms with E-state index in [1.807, 2.05) is 26.0 Å². The van der Waals surface area contributed by atoms with E-state index in [0.29, 0.717) is 73.1 Å². The molecule has 0 aliphatic carbocycles. The Morgan fingerprint density at radius 3 is 1.23 bits per heavy atom. The molecule has 4 atom stereocenters. The first kappa shape index (κ1) is 37.6. The van der Waals surface area contributed by atoms with Crippen LogP contribution >= 0.6 is 159 Å². The number of hydrogen-bond donors (Lipinski definition) is 0. The molecule has 0 saturated heterocycles. The summed E-state index contributed by atoms with van der Waals surface area (Å²) in [4.78, 5) is 0.650. The average molecular weight is 1250 g/mol. The average Bonchev–Trinajstić information content (AvgIpc) is 2.92. The first-order valence-electron chi connectivity index (χ1n) is 12.3. The van der Waals surface area contributed by atoms with E-state index in [-0.39, 0.29) is 29.1 Å². The van der Waals surface area contributed by atoms with Crippen LogP contribution in [0.5, 0.6) is 11.5 Å². The van der Waals surface area contributed by atoms with Crippen LogP contribution in [0.2, 0.25) is 0 Å². The minimum Gasteiger partial charge on any atom is -0.491 e. The third-order valence-corrected chi connectivity index (χ3v) is 16.9. The van der Waals surface area contributed by atoms with E-state index in [4.69, 9.17) is 9.47 Å². The number of rotatable bonds is 10. The number of ether oxygens (including phenoxy) is 2. The van der Waals surface area contributed by atoms with Gasteiger partial charge in [0.1, 0.15) is 24.7 Å². The van der Waals surface area contributed by atoms with Crippen LogP contribution < -0.4 is 9.47 Å². The predicted octanol–water partition coefficient (Wildman–Crippen LogP) is 13.3.